The number of anilines is 1. The van der Waals surface area contributed by atoms with Gasteiger partial charge in [0.2, 0.25) is 0 Å². The summed E-state index contributed by atoms with van der Waals surface area (Å²) in [6.07, 6.45) is 6.75. The van der Waals surface area contributed by atoms with Crippen molar-refractivity contribution in [3.63, 3.8) is 0 Å². The van der Waals surface area contributed by atoms with Gasteiger partial charge in [-0.2, -0.15) is 0 Å². The average Bonchev–Trinajstić information content (AvgIpc) is 2.44. The topological polar surface area (TPSA) is 28.2 Å². The Labute approximate surface area is 123 Å². The third-order valence-electron chi connectivity index (χ3n) is 4.20. The Morgan fingerprint density at radius 2 is 1.95 bits per heavy atom. The molecule has 0 aromatic carbocycles. The molecule has 3 nitrogen and oxygen atoms in total. The Bertz CT molecular complexity index is 422. The fourth-order valence-corrected chi connectivity index (χ4v) is 2.98. The van der Waals surface area contributed by atoms with Crippen LogP contribution >= 0.6 is 0 Å². The van der Waals surface area contributed by atoms with Crippen LogP contribution in [0.25, 0.3) is 0 Å². The Hall–Kier alpha value is -1.09. The fraction of sp³-hybridized carbons (Fsp3) is 0.706. The number of nitrogens with zero attached hydrogens (tertiary/aromatic N) is 2. The van der Waals surface area contributed by atoms with Crippen molar-refractivity contribution in [2.45, 2.75) is 71.5 Å². The lowest BCUT2D eigenvalue weighted by Crippen LogP contribution is -2.34. The molecule has 1 N–H and O–H groups in total. The molecular formula is C17H29N3. The maximum Gasteiger partial charge on any atom is 0.129 e. The van der Waals surface area contributed by atoms with Crippen molar-refractivity contribution in [1.82, 2.24) is 10.3 Å². The number of nitrogens with one attached hydrogen (secondary N) is 1. The highest BCUT2D eigenvalue weighted by atomic mass is 15.2. The first-order valence-electron chi connectivity index (χ1n) is 8.00. The Kier molecular flexibility index (Phi) is 5.41. The third kappa shape index (κ3) is 4.20. The van der Waals surface area contributed by atoms with Crippen LogP contribution in [0.4, 0.5) is 5.82 Å². The Balaban J connectivity index is 2.09. The second kappa shape index (κ2) is 7.07. The van der Waals surface area contributed by atoms with Crippen LogP contribution < -0.4 is 10.2 Å². The van der Waals surface area contributed by atoms with Crippen molar-refractivity contribution in [2.24, 2.45) is 0 Å². The number of aromatic nitrogens is 1. The molecule has 0 radical (unpaired) electrons. The highest BCUT2D eigenvalue weighted by molar-refractivity contribution is 5.43. The molecule has 0 amide bonds. The highest BCUT2D eigenvalue weighted by Crippen LogP contribution is 2.25. The standard InChI is InChI=1S/C17H29N3/c1-13(2)18-12-15-10-14(3)19-17(11-15)20(4)16-8-6-5-7-9-16/h10-11,13,16,18H,5-9,12H2,1-4H3. The molecule has 3 heteroatoms. The van der Waals surface area contributed by atoms with E-state index in [1.807, 2.05) is 0 Å². The second-order valence-electron chi connectivity index (χ2n) is 6.41. The van der Waals surface area contributed by atoms with E-state index in [9.17, 15) is 0 Å². The molecule has 1 aliphatic carbocycles. The van der Waals surface area contributed by atoms with Gasteiger partial charge < -0.3 is 10.2 Å². The van der Waals surface area contributed by atoms with Crippen molar-refractivity contribution < 1.29 is 0 Å². The minimum absolute atomic E-state index is 0.517. The zero-order valence-electron chi connectivity index (χ0n) is 13.4. The van der Waals surface area contributed by atoms with Gasteiger partial charge in [-0.15, -0.1) is 0 Å². The predicted molar refractivity (Wildman–Crippen MR) is 86.2 cm³/mol. The molecule has 2 rings (SSSR count). The summed E-state index contributed by atoms with van der Waals surface area (Å²) in [5, 5.41) is 3.49. The van der Waals surface area contributed by atoms with Gasteiger partial charge in [-0.05, 0) is 37.5 Å². The van der Waals surface area contributed by atoms with E-state index in [0.29, 0.717) is 12.1 Å². The maximum absolute atomic E-state index is 4.73. The van der Waals surface area contributed by atoms with Gasteiger partial charge in [-0.25, -0.2) is 4.98 Å². The molecule has 1 fully saturated rings. The maximum atomic E-state index is 4.73. The monoisotopic (exact) mass is 275 g/mol. The normalized spacial score (nSPS) is 16.6. The lowest BCUT2D eigenvalue weighted by molar-refractivity contribution is 0.426. The van der Waals surface area contributed by atoms with E-state index >= 15 is 0 Å². The SMILES string of the molecule is Cc1cc(CNC(C)C)cc(N(C)C2CCCCC2)n1. The molecule has 112 valence electrons. The third-order valence-corrected chi connectivity index (χ3v) is 4.20. The van der Waals surface area contributed by atoms with Crippen LogP contribution in [0, 0.1) is 6.92 Å². The number of aryl methyl sites for hydroxylation is 1. The largest absolute Gasteiger partial charge is 0.357 e. The zero-order valence-corrected chi connectivity index (χ0v) is 13.4. The minimum Gasteiger partial charge on any atom is -0.357 e. The molecule has 0 saturated heterocycles. The molecule has 1 aromatic heterocycles. The van der Waals surface area contributed by atoms with Gasteiger partial charge in [-0.1, -0.05) is 33.1 Å². The lowest BCUT2D eigenvalue weighted by Gasteiger charge is -2.32. The van der Waals surface area contributed by atoms with Gasteiger partial charge in [0.15, 0.2) is 0 Å². The van der Waals surface area contributed by atoms with E-state index < -0.39 is 0 Å². The van der Waals surface area contributed by atoms with Crippen molar-refractivity contribution in [1.29, 1.82) is 0 Å². The number of rotatable bonds is 5. The van der Waals surface area contributed by atoms with E-state index in [4.69, 9.17) is 4.98 Å². The van der Waals surface area contributed by atoms with Gasteiger partial charge in [0.25, 0.3) is 0 Å². The lowest BCUT2D eigenvalue weighted by atomic mass is 9.94. The molecule has 1 aliphatic rings. The zero-order chi connectivity index (χ0) is 14.5. The molecule has 1 heterocycles. The molecule has 1 aromatic rings. The quantitative estimate of drug-likeness (QED) is 0.889. The summed E-state index contributed by atoms with van der Waals surface area (Å²) < 4.78 is 0. The molecule has 0 unspecified atom stereocenters. The number of hydrogen-bond donors (Lipinski definition) is 1. The Morgan fingerprint density at radius 1 is 1.25 bits per heavy atom. The summed E-state index contributed by atoms with van der Waals surface area (Å²) in [4.78, 5) is 7.13. The number of pyridine rings is 1. The van der Waals surface area contributed by atoms with Crippen LogP contribution in [0.1, 0.15) is 57.2 Å². The first-order chi connectivity index (χ1) is 9.56. The summed E-state index contributed by atoms with van der Waals surface area (Å²) >= 11 is 0. The second-order valence-corrected chi connectivity index (χ2v) is 6.41. The van der Waals surface area contributed by atoms with Crippen LogP contribution in [-0.2, 0) is 6.54 Å². The molecule has 0 bridgehead atoms. The summed E-state index contributed by atoms with van der Waals surface area (Å²) in [6, 6.07) is 5.62. The van der Waals surface area contributed by atoms with E-state index in [1.165, 1.54) is 37.7 Å². The number of hydrogen-bond acceptors (Lipinski definition) is 3. The van der Waals surface area contributed by atoms with Gasteiger partial charge >= 0.3 is 0 Å². The predicted octanol–water partition coefficient (Wildman–Crippen LogP) is 3.66. The van der Waals surface area contributed by atoms with Crippen molar-refractivity contribution in [3.8, 4) is 0 Å². The van der Waals surface area contributed by atoms with E-state index in [2.05, 4.69) is 50.2 Å². The van der Waals surface area contributed by atoms with Crippen LogP contribution in [0.5, 0.6) is 0 Å². The molecule has 0 spiro atoms. The fourth-order valence-electron chi connectivity index (χ4n) is 2.98. The van der Waals surface area contributed by atoms with Crippen molar-refractivity contribution >= 4 is 5.82 Å². The summed E-state index contributed by atoms with van der Waals surface area (Å²) in [7, 11) is 2.21. The summed E-state index contributed by atoms with van der Waals surface area (Å²) in [5.41, 5.74) is 2.45. The van der Waals surface area contributed by atoms with Gasteiger partial charge in [0.1, 0.15) is 5.82 Å². The van der Waals surface area contributed by atoms with Crippen molar-refractivity contribution in [3.05, 3.63) is 23.4 Å². The average molecular weight is 275 g/mol. The van der Waals surface area contributed by atoms with Gasteiger partial charge in [0, 0.05) is 31.4 Å². The molecule has 0 atom stereocenters. The van der Waals surface area contributed by atoms with Crippen LogP contribution in [0.3, 0.4) is 0 Å². The smallest absolute Gasteiger partial charge is 0.129 e. The molecule has 1 saturated carbocycles. The van der Waals surface area contributed by atoms with E-state index in [1.54, 1.807) is 0 Å². The molecular weight excluding hydrogens is 246 g/mol. The summed E-state index contributed by atoms with van der Waals surface area (Å²) in [5.74, 6) is 1.14. The summed E-state index contributed by atoms with van der Waals surface area (Å²) in [6.45, 7) is 7.38. The van der Waals surface area contributed by atoms with Crippen LogP contribution in [-0.4, -0.2) is 24.1 Å². The van der Waals surface area contributed by atoms with Gasteiger partial charge in [0.05, 0.1) is 0 Å². The first-order valence-corrected chi connectivity index (χ1v) is 8.00. The molecule has 20 heavy (non-hydrogen) atoms. The van der Waals surface area contributed by atoms with Crippen molar-refractivity contribution in [2.75, 3.05) is 11.9 Å². The van der Waals surface area contributed by atoms with Crippen LogP contribution in [0.2, 0.25) is 0 Å². The Morgan fingerprint density at radius 3 is 2.60 bits per heavy atom. The van der Waals surface area contributed by atoms with Crippen LogP contribution in [0.15, 0.2) is 12.1 Å². The highest BCUT2D eigenvalue weighted by Gasteiger charge is 2.19. The molecule has 0 aliphatic heterocycles. The first kappa shape index (κ1) is 15.3. The minimum atomic E-state index is 0.517. The van der Waals surface area contributed by atoms with E-state index in [0.717, 1.165) is 18.1 Å². The van der Waals surface area contributed by atoms with Gasteiger partial charge in [-0.3, -0.25) is 0 Å². The van der Waals surface area contributed by atoms with E-state index in [-0.39, 0.29) is 0 Å².